The fourth-order valence-corrected chi connectivity index (χ4v) is 1.47. The first kappa shape index (κ1) is 10.8. The maximum absolute atomic E-state index is 13.4. The van der Waals surface area contributed by atoms with Gasteiger partial charge in [-0.05, 0) is 12.1 Å². The predicted octanol–water partition coefficient (Wildman–Crippen LogP) is 2.66. The van der Waals surface area contributed by atoms with Crippen molar-refractivity contribution in [2.45, 2.75) is 0 Å². The Morgan fingerprint density at radius 2 is 1.75 bits per heavy atom. The van der Waals surface area contributed by atoms with Gasteiger partial charge in [-0.15, -0.1) is 0 Å². The van der Waals surface area contributed by atoms with Crippen LogP contribution in [0, 0.1) is 11.6 Å². The molecule has 0 atom stereocenters. The molecular formula is C10H6ClF2N3. The number of hydrogen-bond acceptors (Lipinski definition) is 3. The fraction of sp³-hybridized carbons (Fsp3) is 0. The van der Waals surface area contributed by atoms with Gasteiger partial charge in [-0.25, -0.2) is 18.7 Å². The number of rotatable bonds is 1. The molecule has 1 aromatic heterocycles. The van der Waals surface area contributed by atoms with Crippen LogP contribution in [0.4, 0.5) is 14.6 Å². The first-order valence-corrected chi connectivity index (χ1v) is 4.69. The topological polar surface area (TPSA) is 51.8 Å². The second-order valence-electron chi connectivity index (χ2n) is 3.02. The number of benzene rings is 1. The summed E-state index contributed by atoms with van der Waals surface area (Å²) < 4.78 is 26.9. The monoisotopic (exact) mass is 241 g/mol. The summed E-state index contributed by atoms with van der Waals surface area (Å²) in [6.45, 7) is 0. The minimum Gasteiger partial charge on any atom is -0.382 e. The maximum atomic E-state index is 13.4. The Morgan fingerprint density at radius 3 is 2.38 bits per heavy atom. The van der Waals surface area contributed by atoms with E-state index in [2.05, 4.69) is 9.97 Å². The minimum absolute atomic E-state index is 0.0191. The van der Waals surface area contributed by atoms with Gasteiger partial charge in [0, 0.05) is 0 Å². The molecule has 0 radical (unpaired) electrons. The summed E-state index contributed by atoms with van der Waals surface area (Å²) in [5, 5.41) is -0.0634. The summed E-state index contributed by atoms with van der Waals surface area (Å²) in [5.74, 6) is -1.52. The Bertz CT molecular complexity index is 525. The van der Waals surface area contributed by atoms with E-state index in [1.807, 2.05) is 0 Å². The average molecular weight is 242 g/mol. The zero-order chi connectivity index (χ0) is 11.7. The lowest BCUT2D eigenvalue weighted by atomic mass is 10.1. The van der Waals surface area contributed by atoms with Crippen LogP contribution < -0.4 is 5.73 Å². The predicted molar refractivity (Wildman–Crippen MR) is 56.8 cm³/mol. The smallest absolute Gasteiger partial charge is 0.146 e. The van der Waals surface area contributed by atoms with Crippen LogP contribution in [0.15, 0.2) is 24.5 Å². The van der Waals surface area contributed by atoms with Crippen LogP contribution >= 0.6 is 11.6 Å². The molecule has 2 aromatic rings. The molecule has 0 amide bonds. The van der Waals surface area contributed by atoms with Crippen LogP contribution in [0.2, 0.25) is 5.02 Å². The quantitative estimate of drug-likeness (QED) is 0.835. The van der Waals surface area contributed by atoms with Crippen LogP contribution in [0.3, 0.4) is 0 Å². The number of anilines is 1. The highest BCUT2D eigenvalue weighted by Crippen LogP contribution is 2.32. The van der Waals surface area contributed by atoms with Crippen molar-refractivity contribution in [2.75, 3.05) is 5.73 Å². The first-order valence-electron chi connectivity index (χ1n) is 4.31. The van der Waals surface area contributed by atoms with Gasteiger partial charge in [0.25, 0.3) is 0 Å². The lowest BCUT2D eigenvalue weighted by Gasteiger charge is -2.06. The Kier molecular flexibility index (Phi) is 2.70. The zero-order valence-electron chi connectivity index (χ0n) is 7.92. The number of nitrogen functional groups attached to an aromatic ring is 1. The van der Waals surface area contributed by atoms with E-state index >= 15 is 0 Å². The molecule has 0 bridgehead atoms. The molecule has 6 heteroatoms. The van der Waals surface area contributed by atoms with Gasteiger partial charge in [0.2, 0.25) is 0 Å². The Labute approximate surface area is 94.9 Å². The summed E-state index contributed by atoms with van der Waals surface area (Å²) in [7, 11) is 0. The largest absolute Gasteiger partial charge is 0.382 e. The van der Waals surface area contributed by atoms with E-state index < -0.39 is 11.6 Å². The summed E-state index contributed by atoms with van der Waals surface area (Å²) in [6.07, 6.45) is 1.10. The number of nitrogens with zero attached hydrogens (tertiary/aromatic N) is 2. The SMILES string of the molecule is Nc1ncnc(-c2c(F)cccc2F)c1Cl. The van der Waals surface area contributed by atoms with E-state index in [0.29, 0.717) is 0 Å². The Morgan fingerprint density at radius 1 is 1.12 bits per heavy atom. The lowest BCUT2D eigenvalue weighted by Crippen LogP contribution is -1.98. The van der Waals surface area contributed by atoms with Crippen molar-refractivity contribution in [2.24, 2.45) is 0 Å². The molecule has 0 spiro atoms. The molecular weight excluding hydrogens is 236 g/mol. The van der Waals surface area contributed by atoms with Crippen LogP contribution in [0.25, 0.3) is 11.3 Å². The summed E-state index contributed by atoms with van der Waals surface area (Å²) in [4.78, 5) is 7.34. The van der Waals surface area contributed by atoms with E-state index in [4.69, 9.17) is 17.3 Å². The number of aromatic nitrogens is 2. The van der Waals surface area contributed by atoms with Crippen molar-refractivity contribution in [3.05, 3.63) is 41.2 Å². The molecule has 1 heterocycles. The fourth-order valence-electron chi connectivity index (χ4n) is 1.28. The van der Waals surface area contributed by atoms with Gasteiger partial charge in [0.1, 0.15) is 34.5 Å². The second-order valence-corrected chi connectivity index (χ2v) is 3.40. The van der Waals surface area contributed by atoms with E-state index in [1.165, 1.54) is 6.07 Å². The number of hydrogen-bond donors (Lipinski definition) is 1. The van der Waals surface area contributed by atoms with Gasteiger partial charge in [-0.1, -0.05) is 17.7 Å². The van der Waals surface area contributed by atoms with Crippen molar-refractivity contribution in [1.29, 1.82) is 0 Å². The van der Waals surface area contributed by atoms with Crippen molar-refractivity contribution >= 4 is 17.4 Å². The Balaban J connectivity index is 2.73. The molecule has 0 fully saturated rings. The van der Waals surface area contributed by atoms with Crippen molar-refractivity contribution < 1.29 is 8.78 Å². The van der Waals surface area contributed by atoms with Crippen molar-refractivity contribution in [1.82, 2.24) is 9.97 Å². The summed E-state index contributed by atoms with van der Waals surface area (Å²) in [5.41, 5.74) is 5.07. The first-order chi connectivity index (χ1) is 7.61. The van der Waals surface area contributed by atoms with E-state index in [9.17, 15) is 8.78 Å². The number of nitrogens with two attached hydrogens (primary N) is 1. The van der Waals surface area contributed by atoms with Crippen molar-refractivity contribution in [3.63, 3.8) is 0 Å². The highest BCUT2D eigenvalue weighted by Gasteiger charge is 2.17. The molecule has 1 aromatic carbocycles. The molecule has 0 saturated carbocycles. The third-order valence-electron chi connectivity index (χ3n) is 2.02. The van der Waals surface area contributed by atoms with Crippen LogP contribution in [0.5, 0.6) is 0 Å². The van der Waals surface area contributed by atoms with Crippen LogP contribution in [0.1, 0.15) is 0 Å². The Hall–Kier alpha value is -1.75. The molecule has 3 nitrogen and oxygen atoms in total. The van der Waals surface area contributed by atoms with E-state index in [0.717, 1.165) is 18.5 Å². The van der Waals surface area contributed by atoms with Gasteiger partial charge >= 0.3 is 0 Å². The molecule has 0 unspecified atom stereocenters. The highest BCUT2D eigenvalue weighted by molar-refractivity contribution is 6.35. The van der Waals surface area contributed by atoms with Gasteiger partial charge in [0.15, 0.2) is 0 Å². The van der Waals surface area contributed by atoms with Gasteiger partial charge in [-0.2, -0.15) is 0 Å². The average Bonchev–Trinajstić information content (AvgIpc) is 2.24. The van der Waals surface area contributed by atoms with E-state index in [-0.39, 0.29) is 22.1 Å². The zero-order valence-corrected chi connectivity index (χ0v) is 8.67. The third kappa shape index (κ3) is 1.69. The lowest BCUT2D eigenvalue weighted by molar-refractivity contribution is 0.588. The van der Waals surface area contributed by atoms with Gasteiger partial charge < -0.3 is 5.73 Å². The van der Waals surface area contributed by atoms with Gasteiger partial charge in [-0.3, -0.25) is 0 Å². The second kappa shape index (κ2) is 4.02. The maximum Gasteiger partial charge on any atom is 0.146 e. The van der Waals surface area contributed by atoms with Crippen LogP contribution in [-0.2, 0) is 0 Å². The molecule has 2 rings (SSSR count). The summed E-state index contributed by atoms with van der Waals surface area (Å²) >= 11 is 5.79. The third-order valence-corrected chi connectivity index (χ3v) is 2.39. The number of halogens is 3. The molecule has 0 aliphatic carbocycles. The van der Waals surface area contributed by atoms with Crippen molar-refractivity contribution in [3.8, 4) is 11.3 Å². The molecule has 0 saturated heterocycles. The highest BCUT2D eigenvalue weighted by atomic mass is 35.5. The molecule has 0 aliphatic rings. The normalized spacial score (nSPS) is 10.4. The molecule has 16 heavy (non-hydrogen) atoms. The standard InChI is InChI=1S/C10H6ClF2N3/c11-8-9(15-4-16-10(8)14)7-5(12)2-1-3-6(7)13/h1-4H,(H2,14,15,16). The van der Waals surface area contributed by atoms with Gasteiger partial charge in [0.05, 0.1) is 5.56 Å². The summed E-state index contributed by atoms with van der Waals surface area (Å²) in [6, 6.07) is 3.49. The minimum atomic E-state index is -0.750. The van der Waals surface area contributed by atoms with E-state index in [1.54, 1.807) is 0 Å². The molecule has 0 aliphatic heterocycles. The molecule has 2 N–H and O–H groups in total. The molecule has 82 valence electrons. The van der Waals surface area contributed by atoms with Crippen LogP contribution in [-0.4, -0.2) is 9.97 Å².